The van der Waals surface area contributed by atoms with Crippen molar-refractivity contribution in [3.05, 3.63) is 30.1 Å². The standard InChI is InChI=1S/C17H25N3O2/c1-13(2)9-11-20-15-7-5-4-6-14(15)19-16(20)8-10-18-17(21)12-22-3/h4-7,13H,8-12H2,1-3H3,(H,18,21). The van der Waals surface area contributed by atoms with E-state index in [0.29, 0.717) is 12.5 Å². The Balaban J connectivity index is 2.10. The summed E-state index contributed by atoms with van der Waals surface area (Å²) in [6, 6.07) is 8.19. The Labute approximate surface area is 131 Å². The van der Waals surface area contributed by atoms with Crippen molar-refractivity contribution in [2.75, 3.05) is 20.3 Å². The molecule has 0 aliphatic rings. The minimum atomic E-state index is -0.0904. The van der Waals surface area contributed by atoms with Crippen LogP contribution in [0.3, 0.4) is 0 Å². The highest BCUT2D eigenvalue weighted by Gasteiger charge is 2.11. The molecule has 1 amide bonds. The molecule has 1 heterocycles. The molecular formula is C17H25N3O2. The van der Waals surface area contributed by atoms with Gasteiger partial charge in [-0.3, -0.25) is 4.79 Å². The van der Waals surface area contributed by atoms with Gasteiger partial charge in [0.1, 0.15) is 12.4 Å². The number of carbonyl (C=O) groups excluding carboxylic acids is 1. The Morgan fingerprint density at radius 1 is 1.36 bits per heavy atom. The van der Waals surface area contributed by atoms with Crippen LogP contribution in [0.25, 0.3) is 11.0 Å². The van der Waals surface area contributed by atoms with Gasteiger partial charge in [0.2, 0.25) is 5.91 Å². The number of hydrogen-bond acceptors (Lipinski definition) is 3. The Morgan fingerprint density at radius 2 is 2.14 bits per heavy atom. The summed E-state index contributed by atoms with van der Waals surface area (Å²) < 4.78 is 7.09. The third-order valence-corrected chi connectivity index (χ3v) is 3.61. The number of nitrogens with one attached hydrogen (secondary N) is 1. The van der Waals surface area contributed by atoms with E-state index in [0.717, 1.165) is 30.7 Å². The molecule has 0 aliphatic carbocycles. The molecule has 0 saturated carbocycles. The van der Waals surface area contributed by atoms with Crippen LogP contribution in [-0.4, -0.2) is 35.7 Å². The first-order chi connectivity index (χ1) is 10.6. The summed E-state index contributed by atoms with van der Waals surface area (Å²) in [6.07, 6.45) is 1.84. The maximum Gasteiger partial charge on any atom is 0.245 e. The van der Waals surface area contributed by atoms with E-state index in [9.17, 15) is 4.79 Å². The number of ether oxygens (including phenoxy) is 1. The van der Waals surface area contributed by atoms with Crippen LogP contribution in [0.5, 0.6) is 0 Å². The fourth-order valence-electron chi connectivity index (χ4n) is 2.45. The summed E-state index contributed by atoms with van der Waals surface area (Å²) in [6.45, 7) is 6.09. The van der Waals surface area contributed by atoms with Gasteiger partial charge in [-0.15, -0.1) is 0 Å². The number of imidazole rings is 1. The van der Waals surface area contributed by atoms with Gasteiger partial charge in [-0.2, -0.15) is 0 Å². The molecule has 2 rings (SSSR count). The first-order valence-electron chi connectivity index (χ1n) is 7.81. The minimum absolute atomic E-state index is 0.0904. The Hall–Kier alpha value is -1.88. The average molecular weight is 303 g/mol. The molecule has 5 nitrogen and oxygen atoms in total. The van der Waals surface area contributed by atoms with E-state index < -0.39 is 0 Å². The summed E-state index contributed by atoms with van der Waals surface area (Å²) in [4.78, 5) is 16.2. The SMILES string of the molecule is COCC(=O)NCCc1nc2ccccc2n1CCC(C)C. The van der Waals surface area contributed by atoms with Gasteiger partial charge in [0, 0.05) is 26.6 Å². The van der Waals surface area contributed by atoms with Crippen LogP contribution in [0.15, 0.2) is 24.3 Å². The molecule has 5 heteroatoms. The molecule has 0 atom stereocenters. The number of carbonyl (C=O) groups is 1. The monoisotopic (exact) mass is 303 g/mol. The normalized spacial score (nSPS) is 11.3. The lowest BCUT2D eigenvalue weighted by Crippen LogP contribution is -2.29. The largest absolute Gasteiger partial charge is 0.375 e. The van der Waals surface area contributed by atoms with Crippen molar-refractivity contribution in [2.24, 2.45) is 5.92 Å². The Bertz CT molecular complexity index is 619. The number of aromatic nitrogens is 2. The Morgan fingerprint density at radius 3 is 2.86 bits per heavy atom. The number of para-hydroxylation sites is 2. The van der Waals surface area contributed by atoms with Crippen LogP contribution in [0.1, 0.15) is 26.1 Å². The first-order valence-corrected chi connectivity index (χ1v) is 7.81. The molecule has 1 aromatic carbocycles. The summed E-state index contributed by atoms with van der Waals surface area (Å²) in [5.41, 5.74) is 2.19. The summed E-state index contributed by atoms with van der Waals surface area (Å²) in [7, 11) is 1.52. The van der Waals surface area contributed by atoms with E-state index in [-0.39, 0.29) is 12.5 Å². The number of aryl methyl sites for hydroxylation is 1. The third-order valence-electron chi connectivity index (χ3n) is 3.61. The van der Waals surface area contributed by atoms with Gasteiger partial charge >= 0.3 is 0 Å². The Kier molecular flexibility index (Phi) is 5.95. The molecule has 0 saturated heterocycles. The highest BCUT2D eigenvalue weighted by atomic mass is 16.5. The summed E-state index contributed by atoms with van der Waals surface area (Å²) in [5.74, 6) is 1.59. The molecule has 22 heavy (non-hydrogen) atoms. The van der Waals surface area contributed by atoms with Crippen molar-refractivity contribution in [3.63, 3.8) is 0 Å². The van der Waals surface area contributed by atoms with Crippen LogP contribution in [0.4, 0.5) is 0 Å². The lowest BCUT2D eigenvalue weighted by atomic mass is 10.1. The van der Waals surface area contributed by atoms with E-state index >= 15 is 0 Å². The van der Waals surface area contributed by atoms with E-state index in [1.165, 1.54) is 12.6 Å². The predicted octanol–water partition coefficient (Wildman–Crippen LogP) is 2.39. The van der Waals surface area contributed by atoms with Crippen LogP contribution >= 0.6 is 0 Å². The molecule has 0 fully saturated rings. The average Bonchev–Trinajstić information content (AvgIpc) is 2.83. The number of amides is 1. The minimum Gasteiger partial charge on any atom is -0.375 e. The van der Waals surface area contributed by atoms with Gasteiger partial charge in [0.05, 0.1) is 11.0 Å². The molecule has 0 radical (unpaired) electrons. The second-order valence-electron chi connectivity index (χ2n) is 5.88. The number of methoxy groups -OCH3 is 1. The van der Waals surface area contributed by atoms with Crippen LogP contribution in [0.2, 0.25) is 0 Å². The van der Waals surface area contributed by atoms with E-state index in [1.54, 1.807) is 0 Å². The molecule has 1 aromatic heterocycles. The van der Waals surface area contributed by atoms with Crippen molar-refractivity contribution < 1.29 is 9.53 Å². The lowest BCUT2D eigenvalue weighted by Gasteiger charge is -2.11. The van der Waals surface area contributed by atoms with Gasteiger partial charge < -0.3 is 14.6 Å². The van der Waals surface area contributed by atoms with Crippen molar-refractivity contribution in [1.29, 1.82) is 0 Å². The van der Waals surface area contributed by atoms with Gasteiger partial charge in [0.15, 0.2) is 0 Å². The molecule has 120 valence electrons. The second-order valence-corrected chi connectivity index (χ2v) is 5.88. The highest BCUT2D eigenvalue weighted by molar-refractivity contribution is 5.77. The topological polar surface area (TPSA) is 56.1 Å². The lowest BCUT2D eigenvalue weighted by molar-refractivity contribution is -0.124. The van der Waals surface area contributed by atoms with Crippen LogP contribution in [0, 0.1) is 5.92 Å². The first kappa shape index (κ1) is 16.5. The van der Waals surface area contributed by atoms with Crippen molar-refractivity contribution in [2.45, 2.75) is 33.2 Å². The van der Waals surface area contributed by atoms with E-state index in [2.05, 4.69) is 29.8 Å². The quantitative estimate of drug-likeness (QED) is 0.814. The van der Waals surface area contributed by atoms with E-state index in [1.807, 2.05) is 18.2 Å². The number of rotatable bonds is 8. The van der Waals surface area contributed by atoms with Crippen LogP contribution < -0.4 is 5.32 Å². The molecule has 2 aromatic rings. The number of nitrogens with zero attached hydrogens (tertiary/aromatic N) is 2. The molecule has 0 unspecified atom stereocenters. The van der Waals surface area contributed by atoms with Crippen molar-refractivity contribution in [3.8, 4) is 0 Å². The van der Waals surface area contributed by atoms with Crippen LogP contribution in [-0.2, 0) is 22.5 Å². The third kappa shape index (κ3) is 4.31. The zero-order chi connectivity index (χ0) is 15.9. The fraction of sp³-hybridized carbons (Fsp3) is 0.529. The zero-order valence-corrected chi connectivity index (χ0v) is 13.6. The smallest absolute Gasteiger partial charge is 0.245 e. The molecular weight excluding hydrogens is 278 g/mol. The maximum atomic E-state index is 11.4. The van der Waals surface area contributed by atoms with Gasteiger partial charge in [-0.1, -0.05) is 26.0 Å². The maximum absolute atomic E-state index is 11.4. The zero-order valence-electron chi connectivity index (χ0n) is 13.6. The molecule has 0 bridgehead atoms. The van der Waals surface area contributed by atoms with Crippen molar-refractivity contribution >= 4 is 16.9 Å². The van der Waals surface area contributed by atoms with Crippen molar-refractivity contribution in [1.82, 2.24) is 14.9 Å². The summed E-state index contributed by atoms with van der Waals surface area (Å²) >= 11 is 0. The molecule has 0 spiro atoms. The predicted molar refractivity (Wildman–Crippen MR) is 87.8 cm³/mol. The number of fused-ring (bicyclic) bond motifs is 1. The highest BCUT2D eigenvalue weighted by Crippen LogP contribution is 2.18. The van der Waals surface area contributed by atoms with Gasteiger partial charge in [-0.25, -0.2) is 4.98 Å². The number of hydrogen-bond donors (Lipinski definition) is 1. The fourth-order valence-corrected chi connectivity index (χ4v) is 2.45. The van der Waals surface area contributed by atoms with Gasteiger partial charge in [-0.05, 0) is 24.5 Å². The van der Waals surface area contributed by atoms with Gasteiger partial charge in [0.25, 0.3) is 0 Å². The van der Waals surface area contributed by atoms with E-state index in [4.69, 9.17) is 9.72 Å². The molecule has 1 N–H and O–H groups in total. The summed E-state index contributed by atoms with van der Waals surface area (Å²) in [5, 5.41) is 2.85. The number of benzene rings is 1. The molecule has 0 aliphatic heterocycles. The second kappa shape index (κ2) is 7.94.